The van der Waals surface area contributed by atoms with Crippen LogP contribution >= 0.6 is 0 Å². The number of rotatable bonds is 3. The second-order valence-electron chi connectivity index (χ2n) is 5.67. The predicted octanol–water partition coefficient (Wildman–Crippen LogP) is 0.790. The number of carbonyl (C=O) groups is 2. The summed E-state index contributed by atoms with van der Waals surface area (Å²) in [6, 6.07) is 0. The van der Waals surface area contributed by atoms with Crippen LogP contribution in [0.2, 0.25) is 0 Å². The Morgan fingerprint density at radius 1 is 1.40 bits per heavy atom. The van der Waals surface area contributed by atoms with Crippen molar-refractivity contribution >= 4 is 11.8 Å². The van der Waals surface area contributed by atoms with Crippen molar-refractivity contribution in [3.63, 3.8) is 0 Å². The molecule has 15 heavy (non-hydrogen) atoms. The van der Waals surface area contributed by atoms with Crippen molar-refractivity contribution in [2.24, 2.45) is 10.8 Å². The van der Waals surface area contributed by atoms with Crippen LogP contribution in [0.15, 0.2) is 0 Å². The fourth-order valence-corrected chi connectivity index (χ4v) is 1.67. The molecule has 86 valence electrons. The van der Waals surface area contributed by atoms with E-state index in [0.717, 1.165) is 0 Å². The Hall–Kier alpha value is -0.900. The third-order valence-electron chi connectivity index (χ3n) is 2.73. The monoisotopic (exact) mass is 213 g/mol. The molecule has 1 saturated heterocycles. The van der Waals surface area contributed by atoms with E-state index in [2.05, 4.69) is 0 Å². The van der Waals surface area contributed by atoms with Crippen LogP contribution in [-0.2, 0) is 9.59 Å². The van der Waals surface area contributed by atoms with Crippen molar-refractivity contribution in [3.05, 3.63) is 0 Å². The Kier molecular flexibility index (Phi) is 2.92. The van der Waals surface area contributed by atoms with Gasteiger partial charge in [-0.3, -0.25) is 14.5 Å². The normalized spacial score (nSPS) is 21.3. The fraction of sp³-hybridized carbons (Fsp3) is 0.818. The largest absolute Gasteiger partial charge is 0.396 e. The highest BCUT2D eigenvalue weighted by molar-refractivity contribution is 6.05. The molecule has 4 nitrogen and oxygen atoms in total. The first kappa shape index (κ1) is 12.2. The molecule has 0 aromatic carbocycles. The van der Waals surface area contributed by atoms with Gasteiger partial charge < -0.3 is 5.11 Å². The maximum Gasteiger partial charge on any atom is 0.235 e. The van der Waals surface area contributed by atoms with Gasteiger partial charge in [-0.2, -0.15) is 0 Å². The van der Waals surface area contributed by atoms with Gasteiger partial charge in [-0.1, -0.05) is 27.7 Å². The highest BCUT2D eigenvalue weighted by Crippen LogP contribution is 2.33. The first-order valence-corrected chi connectivity index (χ1v) is 5.15. The number of imide groups is 1. The lowest BCUT2D eigenvalue weighted by atomic mass is 9.91. The van der Waals surface area contributed by atoms with Crippen molar-refractivity contribution in [3.8, 4) is 0 Å². The van der Waals surface area contributed by atoms with Crippen LogP contribution in [0, 0.1) is 10.8 Å². The third kappa shape index (κ3) is 2.37. The Bertz CT molecular complexity index is 294. The van der Waals surface area contributed by atoms with Gasteiger partial charge in [0.15, 0.2) is 0 Å². The lowest BCUT2D eigenvalue weighted by Crippen LogP contribution is -2.41. The van der Waals surface area contributed by atoms with Gasteiger partial charge in [0, 0.05) is 25.0 Å². The molecular formula is C11H19NO3. The minimum atomic E-state index is -0.581. The summed E-state index contributed by atoms with van der Waals surface area (Å²) in [4.78, 5) is 24.7. The van der Waals surface area contributed by atoms with E-state index in [1.165, 1.54) is 4.90 Å². The number of likely N-dealkylation sites (tertiary alicyclic amines) is 1. The molecule has 0 atom stereocenters. The van der Waals surface area contributed by atoms with Gasteiger partial charge in [-0.15, -0.1) is 0 Å². The van der Waals surface area contributed by atoms with Crippen LogP contribution in [0.3, 0.4) is 0 Å². The van der Waals surface area contributed by atoms with Crippen LogP contribution in [-0.4, -0.2) is 35.0 Å². The van der Waals surface area contributed by atoms with E-state index in [4.69, 9.17) is 5.11 Å². The van der Waals surface area contributed by atoms with Gasteiger partial charge >= 0.3 is 0 Å². The van der Waals surface area contributed by atoms with Crippen LogP contribution in [0.1, 0.15) is 34.1 Å². The summed E-state index contributed by atoms with van der Waals surface area (Å²) in [6.07, 6.45) is 0.271. The zero-order valence-electron chi connectivity index (χ0n) is 9.83. The molecule has 4 heteroatoms. The first-order chi connectivity index (χ1) is 6.69. The van der Waals surface area contributed by atoms with Gasteiger partial charge in [-0.25, -0.2) is 0 Å². The topological polar surface area (TPSA) is 57.6 Å². The maximum atomic E-state index is 11.9. The molecule has 0 aromatic heterocycles. The van der Waals surface area contributed by atoms with E-state index >= 15 is 0 Å². The fourth-order valence-electron chi connectivity index (χ4n) is 1.67. The van der Waals surface area contributed by atoms with E-state index in [0.29, 0.717) is 6.54 Å². The standard InChI is InChI=1S/C11H19NO3/c1-10(2,7-13)6-12-8(14)5-11(3,4)9(12)15/h13H,5-7H2,1-4H3. The Morgan fingerprint density at radius 3 is 2.27 bits per heavy atom. The average Bonchev–Trinajstić information content (AvgIpc) is 2.28. The van der Waals surface area contributed by atoms with Crippen LogP contribution in [0.25, 0.3) is 0 Å². The average molecular weight is 213 g/mol. The van der Waals surface area contributed by atoms with Crippen molar-refractivity contribution in [1.82, 2.24) is 4.90 Å². The van der Waals surface area contributed by atoms with Crippen LogP contribution < -0.4 is 0 Å². The summed E-state index contributed by atoms with van der Waals surface area (Å²) >= 11 is 0. The van der Waals surface area contributed by atoms with E-state index < -0.39 is 10.8 Å². The summed E-state index contributed by atoms with van der Waals surface area (Å²) in [5, 5.41) is 9.11. The number of hydrogen-bond donors (Lipinski definition) is 1. The molecule has 0 aromatic rings. The smallest absolute Gasteiger partial charge is 0.235 e. The molecule has 2 amide bonds. The molecule has 0 aliphatic carbocycles. The van der Waals surface area contributed by atoms with E-state index in [9.17, 15) is 9.59 Å². The first-order valence-electron chi connectivity index (χ1n) is 5.15. The van der Waals surface area contributed by atoms with Crippen LogP contribution in [0.4, 0.5) is 0 Å². The zero-order valence-corrected chi connectivity index (χ0v) is 9.83. The molecule has 1 rings (SSSR count). The molecule has 0 spiro atoms. The summed E-state index contributed by atoms with van der Waals surface area (Å²) in [5.74, 6) is -0.263. The lowest BCUT2D eigenvalue weighted by Gasteiger charge is -2.27. The van der Waals surface area contributed by atoms with Gasteiger partial charge in [0.2, 0.25) is 11.8 Å². The predicted molar refractivity (Wildman–Crippen MR) is 56.0 cm³/mol. The molecule has 0 radical (unpaired) electrons. The second-order valence-corrected chi connectivity index (χ2v) is 5.67. The van der Waals surface area contributed by atoms with Gasteiger partial charge in [0.05, 0.1) is 5.41 Å². The molecule has 0 bridgehead atoms. The van der Waals surface area contributed by atoms with Crippen molar-refractivity contribution in [2.45, 2.75) is 34.1 Å². The molecule has 1 heterocycles. The van der Waals surface area contributed by atoms with Crippen LogP contribution in [0.5, 0.6) is 0 Å². The van der Waals surface area contributed by atoms with E-state index in [1.54, 1.807) is 13.8 Å². The summed E-state index contributed by atoms with van der Waals surface area (Å²) in [7, 11) is 0. The molecule has 1 N–H and O–H groups in total. The number of aliphatic hydroxyl groups excluding tert-OH is 1. The molecule has 1 aliphatic rings. The summed E-state index contributed by atoms with van der Waals surface area (Å²) < 4.78 is 0. The minimum Gasteiger partial charge on any atom is -0.396 e. The van der Waals surface area contributed by atoms with Crippen molar-refractivity contribution in [2.75, 3.05) is 13.2 Å². The zero-order chi connectivity index (χ0) is 11.9. The Labute approximate surface area is 90.3 Å². The maximum absolute atomic E-state index is 11.9. The third-order valence-corrected chi connectivity index (χ3v) is 2.73. The van der Waals surface area contributed by atoms with Gasteiger partial charge in [0.25, 0.3) is 0 Å². The highest BCUT2D eigenvalue weighted by Gasteiger charge is 2.45. The molecule has 0 unspecified atom stereocenters. The summed E-state index contributed by atoms with van der Waals surface area (Å²) in [6.45, 7) is 7.48. The molecule has 0 saturated carbocycles. The molecule has 1 aliphatic heterocycles. The number of carbonyl (C=O) groups excluding carboxylic acids is 2. The number of nitrogens with zero attached hydrogens (tertiary/aromatic N) is 1. The quantitative estimate of drug-likeness (QED) is 0.705. The van der Waals surface area contributed by atoms with Crippen molar-refractivity contribution in [1.29, 1.82) is 0 Å². The second kappa shape index (κ2) is 3.59. The highest BCUT2D eigenvalue weighted by atomic mass is 16.3. The SMILES string of the molecule is CC(C)(CO)CN1C(=O)CC(C)(C)C1=O. The Morgan fingerprint density at radius 2 is 1.93 bits per heavy atom. The Balaban J connectivity index is 2.81. The van der Waals surface area contributed by atoms with Gasteiger partial charge in [0.1, 0.15) is 0 Å². The van der Waals surface area contributed by atoms with E-state index in [-0.39, 0.29) is 24.8 Å². The number of aliphatic hydroxyl groups is 1. The summed E-state index contributed by atoms with van der Waals surface area (Å²) in [5.41, 5.74) is -1.01. The minimum absolute atomic E-state index is 0.0372. The van der Waals surface area contributed by atoms with Crippen molar-refractivity contribution < 1.29 is 14.7 Å². The lowest BCUT2D eigenvalue weighted by molar-refractivity contribution is -0.142. The van der Waals surface area contributed by atoms with Gasteiger partial charge in [-0.05, 0) is 0 Å². The number of amides is 2. The number of hydrogen-bond acceptors (Lipinski definition) is 3. The molecule has 1 fully saturated rings. The van der Waals surface area contributed by atoms with E-state index in [1.807, 2.05) is 13.8 Å². The molecular weight excluding hydrogens is 194 g/mol.